The van der Waals surface area contributed by atoms with Gasteiger partial charge in [0.05, 0.1) is 24.6 Å². The van der Waals surface area contributed by atoms with Crippen LogP contribution in [0.4, 0.5) is 0 Å². The summed E-state index contributed by atoms with van der Waals surface area (Å²) in [6, 6.07) is 15.4. The largest absolute Gasteiger partial charge is 0.491 e. The Hall–Kier alpha value is -3.41. The number of nitrogens with one attached hydrogen (secondary N) is 1. The molecule has 0 aliphatic heterocycles. The molecule has 1 amide bonds. The molecule has 0 fully saturated rings. The molecule has 1 N–H and O–H groups in total. The fourth-order valence-corrected chi connectivity index (χ4v) is 3.10. The lowest BCUT2D eigenvalue weighted by Gasteiger charge is -2.09. The Balaban J connectivity index is 1.65. The number of rotatable bonds is 7. The van der Waals surface area contributed by atoms with E-state index in [2.05, 4.69) is 46.8 Å². The van der Waals surface area contributed by atoms with Crippen molar-refractivity contribution in [3.05, 3.63) is 82.2 Å². The van der Waals surface area contributed by atoms with Gasteiger partial charge in [0.15, 0.2) is 0 Å². The Morgan fingerprint density at radius 3 is 2.40 bits per heavy atom. The standard InChI is InChI=1S/C24H28N4O2/c1-16(2)30-22-12-10-21(11-13-22)24(29)26-25-14-23-18(4)27-28(19(23)5)15-20-8-6-17(3)7-9-20/h6-14,16H,15H2,1-5H3,(H,26,29)/b25-14-. The molecule has 3 aromatic rings. The minimum Gasteiger partial charge on any atom is -0.491 e. The van der Waals surface area contributed by atoms with Gasteiger partial charge in [-0.1, -0.05) is 29.8 Å². The van der Waals surface area contributed by atoms with Gasteiger partial charge >= 0.3 is 0 Å². The highest BCUT2D eigenvalue weighted by Crippen LogP contribution is 2.15. The summed E-state index contributed by atoms with van der Waals surface area (Å²) in [5.41, 5.74) is 8.30. The summed E-state index contributed by atoms with van der Waals surface area (Å²) in [7, 11) is 0. The Morgan fingerprint density at radius 2 is 1.77 bits per heavy atom. The van der Waals surface area contributed by atoms with Crippen LogP contribution in [0.25, 0.3) is 0 Å². The smallest absolute Gasteiger partial charge is 0.271 e. The van der Waals surface area contributed by atoms with Crippen LogP contribution in [0.2, 0.25) is 0 Å². The maximum absolute atomic E-state index is 12.3. The van der Waals surface area contributed by atoms with Gasteiger partial charge in [0.1, 0.15) is 5.75 Å². The highest BCUT2D eigenvalue weighted by molar-refractivity contribution is 5.95. The first-order valence-electron chi connectivity index (χ1n) is 10.0. The van der Waals surface area contributed by atoms with E-state index in [0.29, 0.717) is 12.1 Å². The molecule has 6 heteroatoms. The van der Waals surface area contributed by atoms with Crippen LogP contribution in [0.5, 0.6) is 5.75 Å². The predicted octanol–water partition coefficient (Wildman–Crippen LogP) is 4.41. The first-order valence-corrected chi connectivity index (χ1v) is 10.0. The van der Waals surface area contributed by atoms with Crippen LogP contribution in [0.15, 0.2) is 53.6 Å². The van der Waals surface area contributed by atoms with Gasteiger partial charge in [0.2, 0.25) is 0 Å². The summed E-state index contributed by atoms with van der Waals surface area (Å²) in [5, 5.41) is 8.75. The fraction of sp³-hybridized carbons (Fsp3) is 0.292. The number of amides is 1. The van der Waals surface area contributed by atoms with Crippen LogP contribution in [-0.2, 0) is 6.54 Å². The molecule has 1 aromatic heterocycles. The lowest BCUT2D eigenvalue weighted by molar-refractivity contribution is 0.0955. The molecule has 6 nitrogen and oxygen atoms in total. The van der Waals surface area contributed by atoms with Crippen LogP contribution in [0, 0.1) is 20.8 Å². The van der Waals surface area contributed by atoms with Crippen molar-refractivity contribution in [1.82, 2.24) is 15.2 Å². The summed E-state index contributed by atoms with van der Waals surface area (Å²) in [6.45, 7) is 10.6. The maximum atomic E-state index is 12.3. The third-order valence-electron chi connectivity index (χ3n) is 4.74. The number of benzene rings is 2. The van der Waals surface area contributed by atoms with Gasteiger partial charge in [-0.15, -0.1) is 0 Å². The summed E-state index contributed by atoms with van der Waals surface area (Å²) < 4.78 is 7.55. The quantitative estimate of drug-likeness (QED) is 0.468. The second-order valence-electron chi connectivity index (χ2n) is 7.62. The normalized spacial score (nSPS) is 11.3. The number of aryl methyl sites for hydroxylation is 2. The van der Waals surface area contributed by atoms with E-state index in [1.54, 1.807) is 30.5 Å². The molecular formula is C24H28N4O2. The number of carbonyl (C=O) groups excluding carboxylic acids is 1. The zero-order valence-electron chi connectivity index (χ0n) is 18.1. The molecule has 0 radical (unpaired) electrons. The molecule has 0 bridgehead atoms. The third-order valence-corrected chi connectivity index (χ3v) is 4.74. The van der Waals surface area contributed by atoms with Gasteiger partial charge in [-0.2, -0.15) is 10.2 Å². The highest BCUT2D eigenvalue weighted by atomic mass is 16.5. The van der Waals surface area contributed by atoms with E-state index >= 15 is 0 Å². The van der Waals surface area contributed by atoms with Gasteiger partial charge in [-0.05, 0) is 64.4 Å². The zero-order valence-corrected chi connectivity index (χ0v) is 18.1. The van der Waals surface area contributed by atoms with E-state index in [0.717, 1.165) is 22.7 Å². The van der Waals surface area contributed by atoms with Crippen LogP contribution in [0.3, 0.4) is 0 Å². The fourth-order valence-electron chi connectivity index (χ4n) is 3.10. The van der Waals surface area contributed by atoms with Crippen molar-refractivity contribution in [2.24, 2.45) is 5.10 Å². The molecule has 0 unspecified atom stereocenters. The SMILES string of the molecule is Cc1ccc(Cn2nc(C)c(/C=N\NC(=O)c3ccc(OC(C)C)cc3)c2C)cc1. The van der Waals surface area contributed by atoms with Crippen LogP contribution >= 0.6 is 0 Å². The first-order chi connectivity index (χ1) is 14.3. The number of ether oxygens (including phenoxy) is 1. The van der Waals surface area contributed by atoms with Crippen molar-refractivity contribution in [2.75, 3.05) is 0 Å². The monoisotopic (exact) mass is 404 g/mol. The van der Waals surface area contributed by atoms with E-state index in [9.17, 15) is 4.79 Å². The molecular weight excluding hydrogens is 376 g/mol. The van der Waals surface area contributed by atoms with Crippen molar-refractivity contribution in [3.8, 4) is 5.75 Å². The highest BCUT2D eigenvalue weighted by Gasteiger charge is 2.11. The molecule has 3 rings (SSSR count). The maximum Gasteiger partial charge on any atom is 0.271 e. The van der Waals surface area contributed by atoms with E-state index < -0.39 is 0 Å². The van der Waals surface area contributed by atoms with E-state index in [-0.39, 0.29) is 12.0 Å². The molecule has 156 valence electrons. The average molecular weight is 405 g/mol. The van der Waals surface area contributed by atoms with E-state index in [1.165, 1.54) is 11.1 Å². The molecule has 0 saturated heterocycles. The Labute approximate surface area is 177 Å². The number of nitrogens with zero attached hydrogens (tertiary/aromatic N) is 3. The second-order valence-corrected chi connectivity index (χ2v) is 7.62. The van der Waals surface area contributed by atoms with Crippen LogP contribution < -0.4 is 10.2 Å². The summed E-state index contributed by atoms with van der Waals surface area (Å²) >= 11 is 0. The van der Waals surface area contributed by atoms with Gasteiger partial charge in [-0.3, -0.25) is 9.48 Å². The number of hydrazone groups is 1. The molecule has 0 aliphatic carbocycles. The van der Waals surface area contributed by atoms with Crippen LogP contribution in [0.1, 0.15) is 52.3 Å². The van der Waals surface area contributed by atoms with Crippen molar-refractivity contribution in [3.63, 3.8) is 0 Å². The number of aromatic nitrogens is 2. The summed E-state index contributed by atoms with van der Waals surface area (Å²) in [4.78, 5) is 12.3. The lowest BCUT2D eigenvalue weighted by Crippen LogP contribution is -2.17. The number of hydrogen-bond acceptors (Lipinski definition) is 4. The average Bonchev–Trinajstić information content (AvgIpc) is 2.97. The summed E-state index contributed by atoms with van der Waals surface area (Å²) in [5.74, 6) is 0.460. The Morgan fingerprint density at radius 1 is 1.10 bits per heavy atom. The topological polar surface area (TPSA) is 68.5 Å². The molecule has 2 aromatic carbocycles. The summed E-state index contributed by atoms with van der Waals surface area (Å²) in [6.07, 6.45) is 1.74. The zero-order chi connectivity index (χ0) is 21.7. The molecule has 30 heavy (non-hydrogen) atoms. The number of hydrogen-bond donors (Lipinski definition) is 1. The van der Waals surface area contributed by atoms with Gasteiger partial charge in [0, 0.05) is 16.8 Å². The van der Waals surface area contributed by atoms with E-state index in [1.807, 2.05) is 32.4 Å². The van der Waals surface area contributed by atoms with Gasteiger partial charge < -0.3 is 4.74 Å². The van der Waals surface area contributed by atoms with Crippen molar-refractivity contribution in [1.29, 1.82) is 0 Å². The second kappa shape index (κ2) is 9.39. The van der Waals surface area contributed by atoms with Crippen molar-refractivity contribution in [2.45, 2.75) is 47.3 Å². The molecule has 0 spiro atoms. The molecule has 1 heterocycles. The lowest BCUT2D eigenvalue weighted by atomic mass is 10.1. The molecule has 0 atom stereocenters. The van der Waals surface area contributed by atoms with Crippen molar-refractivity contribution >= 4 is 12.1 Å². The minimum absolute atomic E-state index is 0.0904. The van der Waals surface area contributed by atoms with E-state index in [4.69, 9.17) is 4.74 Å². The van der Waals surface area contributed by atoms with Crippen LogP contribution in [-0.4, -0.2) is 28.0 Å². The Kier molecular flexibility index (Phi) is 6.67. The molecule has 0 saturated carbocycles. The predicted molar refractivity (Wildman–Crippen MR) is 119 cm³/mol. The van der Waals surface area contributed by atoms with Crippen molar-refractivity contribution < 1.29 is 9.53 Å². The minimum atomic E-state index is -0.273. The molecule has 0 aliphatic rings. The van der Waals surface area contributed by atoms with Gasteiger partial charge in [-0.25, -0.2) is 5.43 Å². The third kappa shape index (κ3) is 5.35. The number of carbonyl (C=O) groups is 1. The Bertz CT molecular complexity index is 1030. The van der Waals surface area contributed by atoms with Gasteiger partial charge in [0.25, 0.3) is 5.91 Å². The first kappa shape index (κ1) is 21.3.